The van der Waals surface area contributed by atoms with Crippen molar-refractivity contribution in [3.8, 4) is 6.07 Å². The molecule has 1 aromatic heterocycles. The molecule has 0 aliphatic heterocycles. The van der Waals surface area contributed by atoms with Gasteiger partial charge in [-0.1, -0.05) is 26.2 Å². The maximum Gasteiger partial charge on any atom is 0.128 e. The van der Waals surface area contributed by atoms with Gasteiger partial charge in [-0.2, -0.15) is 17.0 Å². The molecule has 4 heteroatoms. The van der Waals surface area contributed by atoms with Gasteiger partial charge in [0.1, 0.15) is 16.0 Å². The Morgan fingerprint density at radius 1 is 1.41 bits per heavy atom. The molecule has 1 fully saturated rings. The zero-order chi connectivity index (χ0) is 12.1. The summed E-state index contributed by atoms with van der Waals surface area (Å²) in [6, 6.07) is 2.25. The van der Waals surface area contributed by atoms with Crippen molar-refractivity contribution in [1.82, 2.24) is 4.98 Å². The molecule has 2 nitrogen and oxygen atoms in total. The van der Waals surface area contributed by atoms with E-state index in [-0.39, 0.29) is 0 Å². The van der Waals surface area contributed by atoms with E-state index in [1.54, 1.807) is 11.3 Å². The van der Waals surface area contributed by atoms with Crippen LogP contribution in [0.3, 0.4) is 0 Å². The number of aromatic nitrogens is 1. The van der Waals surface area contributed by atoms with Crippen LogP contribution in [-0.4, -0.2) is 10.2 Å². The molecule has 92 valence electrons. The lowest BCUT2D eigenvalue weighted by Gasteiger charge is -2.20. The van der Waals surface area contributed by atoms with E-state index in [9.17, 15) is 0 Å². The van der Waals surface area contributed by atoms with Crippen LogP contribution in [0.25, 0.3) is 0 Å². The molecule has 1 aromatic rings. The average Bonchev–Trinajstić information content (AvgIpc) is 2.80. The van der Waals surface area contributed by atoms with E-state index in [0.29, 0.717) is 0 Å². The molecule has 0 aromatic carbocycles. The summed E-state index contributed by atoms with van der Waals surface area (Å²) in [4.78, 5) is 5.37. The lowest BCUT2D eigenvalue weighted by atomic mass is 10.0. The van der Waals surface area contributed by atoms with Crippen LogP contribution in [0.5, 0.6) is 0 Å². The molecule has 0 atom stereocenters. The molecular weight excluding hydrogens is 248 g/mol. The van der Waals surface area contributed by atoms with Gasteiger partial charge in [-0.05, 0) is 19.3 Å². The third kappa shape index (κ3) is 3.46. The Morgan fingerprint density at radius 2 is 2.18 bits per heavy atom. The molecule has 1 aliphatic carbocycles. The highest BCUT2D eigenvalue weighted by Crippen LogP contribution is 2.31. The summed E-state index contributed by atoms with van der Waals surface area (Å²) in [7, 11) is 0. The third-order valence-electron chi connectivity index (χ3n) is 3.17. The van der Waals surface area contributed by atoms with E-state index < -0.39 is 0 Å². The third-order valence-corrected chi connectivity index (χ3v) is 5.74. The SMILES string of the molecule is CCc1nc(CSC2CCCCC2)sc1C#N. The molecule has 0 spiro atoms. The fraction of sp³-hybridized carbons (Fsp3) is 0.692. The van der Waals surface area contributed by atoms with E-state index in [1.807, 2.05) is 11.8 Å². The molecule has 1 heterocycles. The van der Waals surface area contributed by atoms with Crippen LogP contribution in [0.2, 0.25) is 0 Å². The Bertz CT molecular complexity index is 400. The minimum atomic E-state index is 0.812. The van der Waals surface area contributed by atoms with Crippen molar-refractivity contribution in [1.29, 1.82) is 5.26 Å². The van der Waals surface area contributed by atoms with Crippen LogP contribution in [0.4, 0.5) is 0 Å². The number of nitriles is 1. The molecule has 0 N–H and O–H groups in total. The molecule has 0 saturated heterocycles. The molecule has 2 rings (SSSR count). The van der Waals surface area contributed by atoms with Crippen molar-refractivity contribution >= 4 is 23.1 Å². The summed E-state index contributed by atoms with van der Waals surface area (Å²) in [6.45, 7) is 2.06. The van der Waals surface area contributed by atoms with Crippen LogP contribution in [-0.2, 0) is 12.2 Å². The Kier molecular flexibility index (Phi) is 4.87. The van der Waals surface area contributed by atoms with E-state index in [0.717, 1.165) is 33.0 Å². The first-order valence-electron chi connectivity index (χ1n) is 6.33. The van der Waals surface area contributed by atoms with Crippen molar-refractivity contribution in [3.05, 3.63) is 15.6 Å². The van der Waals surface area contributed by atoms with Crippen molar-refractivity contribution < 1.29 is 0 Å². The number of thiazole rings is 1. The zero-order valence-corrected chi connectivity index (χ0v) is 11.9. The van der Waals surface area contributed by atoms with Gasteiger partial charge in [-0.15, -0.1) is 11.3 Å². The van der Waals surface area contributed by atoms with Crippen molar-refractivity contribution in [2.45, 2.75) is 56.5 Å². The van der Waals surface area contributed by atoms with Gasteiger partial charge >= 0.3 is 0 Å². The number of rotatable bonds is 4. The van der Waals surface area contributed by atoms with Gasteiger partial charge in [0.05, 0.1) is 5.69 Å². The predicted molar refractivity (Wildman–Crippen MR) is 74.4 cm³/mol. The summed E-state index contributed by atoms with van der Waals surface area (Å²) < 4.78 is 0. The molecule has 1 saturated carbocycles. The van der Waals surface area contributed by atoms with Crippen molar-refractivity contribution in [3.63, 3.8) is 0 Å². The van der Waals surface area contributed by atoms with Crippen LogP contribution in [0, 0.1) is 11.3 Å². The van der Waals surface area contributed by atoms with Gasteiger partial charge in [-0.3, -0.25) is 0 Å². The highest BCUT2D eigenvalue weighted by atomic mass is 32.2. The van der Waals surface area contributed by atoms with Crippen LogP contribution in [0.1, 0.15) is 54.6 Å². The summed E-state index contributed by atoms with van der Waals surface area (Å²) in [5.41, 5.74) is 0.983. The van der Waals surface area contributed by atoms with Gasteiger partial charge in [0, 0.05) is 11.0 Å². The Hall–Kier alpha value is -0.530. The van der Waals surface area contributed by atoms with E-state index in [2.05, 4.69) is 18.0 Å². The first-order valence-corrected chi connectivity index (χ1v) is 8.20. The molecular formula is C13H18N2S2. The lowest BCUT2D eigenvalue weighted by molar-refractivity contribution is 0.516. The molecule has 1 aliphatic rings. The first kappa shape index (κ1) is 12.9. The summed E-state index contributed by atoms with van der Waals surface area (Å²) in [5, 5.41) is 10.9. The van der Waals surface area contributed by atoms with E-state index >= 15 is 0 Å². The second kappa shape index (κ2) is 6.42. The second-order valence-corrected chi connectivity index (χ2v) is 6.79. The summed E-state index contributed by atoms with van der Waals surface area (Å²) in [6.07, 6.45) is 7.78. The Morgan fingerprint density at radius 3 is 2.76 bits per heavy atom. The smallest absolute Gasteiger partial charge is 0.128 e. The maximum absolute atomic E-state index is 8.99. The summed E-state index contributed by atoms with van der Waals surface area (Å²) >= 11 is 3.61. The standard InChI is InChI=1S/C13H18N2S2/c1-2-11-12(8-14)17-13(15-11)9-16-10-6-4-3-5-7-10/h10H,2-7,9H2,1H3. The molecule has 0 amide bonds. The zero-order valence-electron chi connectivity index (χ0n) is 10.2. The van der Waals surface area contributed by atoms with Crippen LogP contribution in [0.15, 0.2) is 0 Å². The first-order chi connectivity index (χ1) is 8.33. The lowest BCUT2D eigenvalue weighted by Crippen LogP contribution is -2.08. The van der Waals surface area contributed by atoms with Crippen molar-refractivity contribution in [2.24, 2.45) is 0 Å². The average molecular weight is 266 g/mol. The second-order valence-electron chi connectivity index (χ2n) is 4.42. The van der Waals surface area contributed by atoms with Gasteiger partial charge in [-0.25, -0.2) is 4.98 Å². The Labute approximate surface area is 111 Å². The van der Waals surface area contributed by atoms with Gasteiger partial charge < -0.3 is 0 Å². The predicted octanol–water partition coefficient (Wildman–Crippen LogP) is 4.14. The minimum Gasteiger partial charge on any atom is -0.244 e. The van der Waals surface area contributed by atoms with Gasteiger partial charge in [0.25, 0.3) is 0 Å². The van der Waals surface area contributed by atoms with Crippen molar-refractivity contribution in [2.75, 3.05) is 0 Å². The largest absolute Gasteiger partial charge is 0.244 e. The number of hydrogen-bond acceptors (Lipinski definition) is 4. The van der Waals surface area contributed by atoms with Crippen LogP contribution < -0.4 is 0 Å². The highest BCUT2D eigenvalue weighted by molar-refractivity contribution is 7.99. The minimum absolute atomic E-state index is 0.812. The van der Waals surface area contributed by atoms with E-state index in [1.165, 1.54) is 32.1 Å². The maximum atomic E-state index is 8.99. The molecule has 0 unspecified atom stereocenters. The molecule has 0 radical (unpaired) electrons. The summed E-state index contributed by atoms with van der Waals surface area (Å²) in [5.74, 6) is 0.990. The van der Waals surface area contributed by atoms with Gasteiger partial charge in [0.2, 0.25) is 0 Å². The number of aryl methyl sites for hydroxylation is 1. The Balaban J connectivity index is 1.90. The quantitative estimate of drug-likeness (QED) is 0.821. The van der Waals surface area contributed by atoms with Crippen LogP contribution >= 0.6 is 23.1 Å². The number of thioether (sulfide) groups is 1. The topological polar surface area (TPSA) is 36.7 Å². The molecule has 0 bridgehead atoms. The fourth-order valence-electron chi connectivity index (χ4n) is 2.21. The normalized spacial score (nSPS) is 16.9. The monoisotopic (exact) mass is 266 g/mol. The number of hydrogen-bond donors (Lipinski definition) is 0. The van der Waals surface area contributed by atoms with E-state index in [4.69, 9.17) is 5.26 Å². The highest BCUT2D eigenvalue weighted by Gasteiger charge is 2.15. The fourth-order valence-corrected chi connectivity index (χ4v) is 4.50. The van der Waals surface area contributed by atoms with Gasteiger partial charge in [0.15, 0.2) is 0 Å². The number of nitrogens with zero attached hydrogens (tertiary/aromatic N) is 2. The molecule has 17 heavy (non-hydrogen) atoms.